The summed E-state index contributed by atoms with van der Waals surface area (Å²) in [6.45, 7) is 3.10. The van der Waals surface area contributed by atoms with Gasteiger partial charge in [-0.15, -0.1) is 0 Å². The molecule has 0 aromatic heterocycles. The number of hydrogen-bond donors (Lipinski definition) is 1. The molecule has 1 saturated heterocycles. The molecule has 4 rings (SSSR count). The third-order valence-corrected chi connectivity index (χ3v) is 5.32. The van der Waals surface area contributed by atoms with Gasteiger partial charge in [0.05, 0.1) is 5.41 Å². The topological polar surface area (TPSA) is 32.3 Å². The van der Waals surface area contributed by atoms with Gasteiger partial charge in [-0.05, 0) is 36.8 Å². The summed E-state index contributed by atoms with van der Waals surface area (Å²) < 4.78 is 0. The monoisotopic (exact) mass is 270 g/mol. The Morgan fingerprint density at radius 1 is 1.20 bits per heavy atom. The first-order valence-corrected chi connectivity index (χ1v) is 7.87. The highest BCUT2D eigenvalue weighted by Gasteiger charge is 2.51. The Labute approximate surface area is 120 Å². The van der Waals surface area contributed by atoms with Crippen molar-refractivity contribution in [2.75, 3.05) is 25.0 Å². The summed E-state index contributed by atoms with van der Waals surface area (Å²) in [6.07, 6.45) is 6.49. The fourth-order valence-electron chi connectivity index (χ4n) is 4.25. The van der Waals surface area contributed by atoms with Gasteiger partial charge >= 0.3 is 0 Å². The molecule has 1 amide bonds. The van der Waals surface area contributed by atoms with E-state index in [-0.39, 0.29) is 11.3 Å². The fourth-order valence-corrected chi connectivity index (χ4v) is 4.25. The van der Waals surface area contributed by atoms with E-state index in [9.17, 15) is 4.79 Å². The molecule has 106 valence electrons. The molecule has 0 unspecified atom stereocenters. The van der Waals surface area contributed by atoms with Crippen molar-refractivity contribution < 1.29 is 4.79 Å². The average molecular weight is 270 g/mol. The molecule has 3 aliphatic rings. The van der Waals surface area contributed by atoms with E-state index in [2.05, 4.69) is 22.3 Å². The van der Waals surface area contributed by atoms with Crippen LogP contribution in [0.2, 0.25) is 0 Å². The van der Waals surface area contributed by atoms with E-state index in [0.717, 1.165) is 31.1 Å². The molecule has 3 heteroatoms. The molecule has 1 aromatic rings. The zero-order valence-electron chi connectivity index (χ0n) is 11.9. The Kier molecular flexibility index (Phi) is 2.84. The van der Waals surface area contributed by atoms with Gasteiger partial charge in [-0.25, -0.2) is 0 Å². The van der Waals surface area contributed by atoms with E-state index < -0.39 is 0 Å². The van der Waals surface area contributed by atoms with Gasteiger partial charge in [0.1, 0.15) is 0 Å². The molecule has 1 aliphatic carbocycles. The Hall–Kier alpha value is -1.35. The van der Waals surface area contributed by atoms with Crippen molar-refractivity contribution in [2.45, 2.75) is 32.1 Å². The van der Waals surface area contributed by atoms with E-state index in [1.807, 2.05) is 12.1 Å². The molecule has 0 radical (unpaired) electrons. The minimum absolute atomic E-state index is 0.146. The van der Waals surface area contributed by atoms with Crippen LogP contribution in [0, 0.1) is 11.3 Å². The van der Waals surface area contributed by atoms with Crippen LogP contribution in [0.3, 0.4) is 0 Å². The summed E-state index contributed by atoms with van der Waals surface area (Å²) in [5, 5.41) is 3.10. The Morgan fingerprint density at radius 2 is 1.95 bits per heavy atom. The number of para-hydroxylation sites is 1. The first-order valence-electron chi connectivity index (χ1n) is 7.87. The maximum atomic E-state index is 12.4. The number of nitrogens with zero attached hydrogens (tertiary/aromatic N) is 1. The van der Waals surface area contributed by atoms with Gasteiger partial charge in [-0.2, -0.15) is 0 Å². The second-order valence-electron chi connectivity index (χ2n) is 6.89. The van der Waals surface area contributed by atoms with Gasteiger partial charge < -0.3 is 10.2 Å². The predicted molar refractivity (Wildman–Crippen MR) is 79.6 cm³/mol. The van der Waals surface area contributed by atoms with E-state index in [0.29, 0.717) is 0 Å². The largest absolute Gasteiger partial charge is 0.325 e. The molecule has 0 atom stereocenters. The van der Waals surface area contributed by atoms with Crippen molar-refractivity contribution in [3.8, 4) is 0 Å². The number of hydrogen-bond acceptors (Lipinski definition) is 2. The molecule has 20 heavy (non-hydrogen) atoms. The molecule has 2 fully saturated rings. The van der Waals surface area contributed by atoms with E-state index >= 15 is 0 Å². The van der Waals surface area contributed by atoms with Gasteiger partial charge in [0.2, 0.25) is 5.91 Å². The summed E-state index contributed by atoms with van der Waals surface area (Å²) in [5.41, 5.74) is 2.16. The van der Waals surface area contributed by atoms with Crippen molar-refractivity contribution in [3.63, 3.8) is 0 Å². The van der Waals surface area contributed by atoms with E-state index in [4.69, 9.17) is 0 Å². The van der Waals surface area contributed by atoms with Crippen molar-refractivity contribution in [3.05, 3.63) is 29.8 Å². The maximum absolute atomic E-state index is 12.4. The minimum atomic E-state index is -0.146. The first kappa shape index (κ1) is 12.4. The standard InChI is InChI=1S/C17H22N2O/c20-16-17(9-14-7-3-4-8-15(14)18-16)11-19(12-17)10-13-5-1-2-6-13/h3-4,7-8,13H,1-2,5-6,9-12H2,(H,18,20). The van der Waals surface area contributed by atoms with Gasteiger partial charge in [0.15, 0.2) is 0 Å². The highest BCUT2D eigenvalue weighted by atomic mass is 16.2. The Bertz CT molecular complexity index is 528. The second kappa shape index (κ2) is 4.59. The van der Waals surface area contributed by atoms with Crippen molar-refractivity contribution in [1.82, 2.24) is 4.90 Å². The van der Waals surface area contributed by atoms with Crippen LogP contribution in [0.1, 0.15) is 31.2 Å². The SMILES string of the molecule is O=C1Nc2ccccc2CC12CN(CC1CCCC1)C2. The lowest BCUT2D eigenvalue weighted by molar-refractivity contribution is -0.137. The van der Waals surface area contributed by atoms with Crippen LogP contribution in [-0.2, 0) is 11.2 Å². The molecule has 2 heterocycles. The van der Waals surface area contributed by atoms with Crippen molar-refractivity contribution >= 4 is 11.6 Å². The van der Waals surface area contributed by atoms with Crippen LogP contribution in [0.25, 0.3) is 0 Å². The molecule has 3 nitrogen and oxygen atoms in total. The summed E-state index contributed by atoms with van der Waals surface area (Å²) in [6, 6.07) is 8.22. The van der Waals surface area contributed by atoms with E-state index in [1.165, 1.54) is 37.8 Å². The van der Waals surface area contributed by atoms with Crippen LogP contribution in [0.5, 0.6) is 0 Å². The number of rotatable bonds is 2. The lowest BCUT2D eigenvalue weighted by atomic mass is 9.71. The number of carbonyl (C=O) groups excluding carboxylic acids is 1. The molecular formula is C17H22N2O. The number of anilines is 1. The lowest BCUT2D eigenvalue weighted by Gasteiger charge is -2.51. The number of amides is 1. The van der Waals surface area contributed by atoms with Crippen molar-refractivity contribution in [2.24, 2.45) is 11.3 Å². The normalized spacial score (nSPS) is 25.3. The third-order valence-electron chi connectivity index (χ3n) is 5.32. The summed E-state index contributed by atoms with van der Waals surface area (Å²) in [7, 11) is 0. The van der Waals surface area contributed by atoms with Crippen LogP contribution in [0.15, 0.2) is 24.3 Å². The van der Waals surface area contributed by atoms with Crippen LogP contribution in [-0.4, -0.2) is 30.4 Å². The van der Waals surface area contributed by atoms with E-state index in [1.54, 1.807) is 0 Å². The number of fused-ring (bicyclic) bond motifs is 1. The minimum Gasteiger partial charge on any atom is -0.325 e. The number of likely N-dealkylation sites (tertiary alicyclic amines) is 1. The fraction of sp³-hybridized carbons (Fsp3) is 0.588. The smallest absolute Gasteiger partial charge is 0.233 e. The third kappa shape index (κ3) is 1.96. The molecule has 1 spiro atoms. The number of benzene rings is 1. The maximum Gasteiger partial charge on any atom is 0.233 e. The van der Waals surface area contributed by atoms with Crippen LogP contribution < -0.4 is 5.32 Å². The zero-order valence-corrected chi connectivity index (χ0v) is 11.9. The van der Waals surface area contributed by atoms with Gasteiger partial charge in [0, 0.05) is 25.3 Å². The van der Waals surface area contributed by atoms with Gasteiger partial charge in [-0.3, -0.25) is 4.79 Å². The van der Waals surface area contributed by atoms with Crippen LogP contribution in [0.4, 0.5) is 5.69 Å². The predicted octanol–water partition coefficient (Wildman–Crippen LogP) is 2.67. The molecule has 1 saturated carbocycles. The molecule has 1 aromatic carbocycles. The van der Waals surface area contributed by atoms with Crippen LogP contribution >= 0.6 is 0 Å². The molecule has 0 bridgehead atoms. The summed E-state index contributed by atoms with van der Waals surface area (Å²) in [5.74, 6) is 1.12. The molecular weight excluding hydrogens is 248 g/mol. The number of nitrogens with one attached hydrogen (secondary N) is 1. The van der Waals surface area contributed by atoms with Gasteiger partial charge in [-0.1, -0.05) is 31.0 Å². The molecule has 2 aliphatic heterocycles. The lowest BCUT2D eigenvalue weighted by Crippen LogP contribution is -2.64. The first-order chi connectivity index (χ1) is 9.75. The summed E-state index contributed by atoms with van der Waals surface area (Å²) >= 11 is 0. The zero-order chi connectivity index (χ0) is 13.6. The highest BCUT2D eigenvalue weighted by molar-refractivity contribution is 5.99. The Morgan fingerprint density at radius 3 is 2.75 bits per heavy atom. The Balaban J connectivity index is 1.44. The molecule has 1 N–H and O–H groups in total. The van der Waals surface area contributed by atoms with Crippen molar-refractivity contribution in [1.29, 1.82) is 0 Å². The van der Waals surface area contributed by atoms with Gasteiger partial charge in [0.25, 0.3) is 0 Å². The quantitative estimate of drug-likeness (QED) is 0.896. The number of carbonyl (C=O) groups is 1. The summed E-state index contributed by atoms with van der Waals surface area (Å²) in [4.78, 5) is 14.9. The second-order valence-corrected chi connectivity index (χ2v) is 6.89. The average Bonchev–Trinajstić information content (AvgIpc) is 2.90. The highest BCUT2D eigenvalue weighted by Crippen LogP contribution is 2.41.